The lowest BCUT2D eigenvalue weighted by Crippen LogP contribution is -2.25. The highest BCUT2D eigenvalue weighted by atomic mass is 16.5. The van der Waals surface area contributed by atoms with E-state index in [4.69, 9.17) is 14.6 Å². The predicted octanol–water partition coefficient (Wildman–Crippen LogP) is 1.11. The SMILES string of the molecule is CCN1CC(CO)OC1c1ccc(OC)c(O)c1. The van der Waals surface area contributed by atoms with Crippen molar-refractivity contribution < 1.29 is 19.7 Å². The predicted molar refractivity (Wildman–Crippen MR) is 66.6 cm³/mol. The van der Waals surface area contributed by atoms with Gasteiger partial charge in [-0.3, -0.25) is 4.90 Å². The van der Waals surface area contributed by atoms with Crippen LogP contribution in [0.15, 0.2) is 18.2 Å². The van der Waals surface area contributed by atoms with Crippen molar-refractivity contribution in [2.75, 3.05) is 26.8 Å². The molecule has 0 spiro atoms. The van der Waals surface area contributed by atoms with E-state index in [1.54, 1.807) is 12.1 Å². The minimum absolute atomic E-state index is 0.00906. The molecule has 1 aliphatic rings. The fourth-order valence-electron chi connectivity index (χ4n) is 2.21. The van der Waals surface area contributed by atoms with Crippen molar-refractivity contribution in [3.63, 3.8) is 0 Å². The van der Waals surface area contributed by atoms with Crippen molar-refractivity contribution in [1.29, 1.82) is 0 Å². The van der Waals surface area contributed by atoms with Gasteiger partial charge >= 0.3 is 0 Å². The molecule has 0 aliphatic carbocycles. The van der Waals surface area contributed by atoms with Crippen LogP contribution in [-0.2, 0) is 4.74 Å². The molecule has 18 heavy (non-hydrogen) atoms. The Morgan fingerprint density at radius 1 is 1.50 bits per heavy atom. The Hall–Kier alpha value is -1.30. The Morgan fingerprint density at radius 2 is 2.28 bits per heavy atom. The first-order chi connectivity index (χ1) is 8.69. The van der Waals surface area contributed by atoms with Crippen LogP contribution in [0.3, 0.4) is 0 Å². The zero-order valence-corrected chi connectivity index (χ0v) is 10.7. The molecule has 0 saturated carbocycles. The van der Waals surface area contributed by atoms with Gasteiger partial charge < -0.3 is 19.7 Å². The van der Waals surface area contributed by atoms with Crippen molar-refractivity contribution in [3.05, 3.63) is 23.8 Å². The topological polar surface area (TPSA) is 62.2 Å². The van der Waals surface area contributed by atoms with Crippen molar-refractivity contribution in [2.45, 2.75) is 19.3 Å². The quantitative estimate of drug-likeness (QED) is 0.841. The summed E-state index contributed by atoms with van der Waals surface area (Å²) in [6.07, 6.45) is -0.386. The lowest BCUT2D eigenvalue weighted by Gasteiger charge is -2.21. The molecule has 2 N–H and O–H groups in total. The highest BCUT2D eigenvalue weighted by molar-refractivity contribution is 5.42. The molecule has 1 heterocycles. The Morgan fingerprint density at radius 3 is 2.83 bits per heavy atom. The van der Waals surface area contributed by atoms with Gasteiger partial charge in [-0.2, -0.15) is 0 Å². The molecule has 0 radical (unpaired) electrons. The molecule has 2 rings (SSSR count). The van der Waals surface area contributed by atoms with Gasteiger partial charge in [-0.1, -0.05) is 13.0 Å². The second-order valence-corrected chi connectivity index (χ2v) is 4.31. The smallest absolute Gasteiger partial charge is 0.160 e. The zero-order chi connectivity index (χ0) is 13.1. The lowest BCUT2D eigenvalue weighted by molar-refractivity contribution is -0.0185. The summed E-state index contributed by atoms with van der Waals surface area (Å²) in [5, 5.41) is 18.9. The molecule has 1 saturated heterocycles. The third-order valence-electron chi connectivity index (χ3n) is 3.19. The van der Waals surface area contributed by atoms with Gasteiger partial charge in [0.15, 0.2) is 11.5 Å². The summed E-state index contributed by atoms with van der Waals surface area (Å²) in [5.41, 5.74) is 0.867. The van der Waals surface area contributed by atoms with E-state index in [0.717, 1.165) is 12.1 Å². The number of hydrogen-bond donors (Lipinski definition) is 2. The first-order valence-electron chi connectivity index (χ1n) is 6.06. The van der Waals surface area contributed by atoms with Gasteiger partial charge in [0.2, 0.25) is 0 Å². The monoisotopic (exact) mass is 253 g/mol. The number of hydrogen-bond acceptors (Lipinski definition) is 5. The second kappa shape index (κ2) is 5.56. The summed E-state index contributed by atoms with van der Waals surface area (Å²) in [4.78, 5) is 2.11. The minimum atomic E-state index is -0.219. The van der Waals surface area contributed by atoms with Gasteiger partial charge in [0.05, 0.1) is 19.8 Å². The number of methoxy groups -OCH3 is 1. The van der Waals surface area contributed by atoms with E-state index in [2.05, 4.69) is 4.90 Å². The van der Waals surface area contributed by atoms with Crippen molar-refractivity contribution in [1.82, 2.24) is 4.90 Å². The van der Waals surface area contributed by atoms with E-state index in [0.29, 0.717) is 12.3 Å². The molecule has 1 aromatic carbocycles. The molecule has 100 valence electrons. The Labute approximate surface area is 107 Å². The van der Waals surface area contributed by atoms with Crippen LogP contribution in [0, 0.1) is 0 Å². The van der Waals surface area contributed by atoms with Crippen LogP contribution in [0.1, 0.15) is 18.7 Å². The number of aromatic hydroxyl groups is 1. The average Bonchev–Trinajstić information content (AvgIpc) is 2.82. The number of aliphatic hydroxyl groups excluding tert-OH is 1. The molecule has 1 fully saturated rings. The van der Waals surface area contributed by atoms with Crippen LogP contribution in [0.25, 0.3) is 0 Å². The summed E-state index contributed by atoms with van der Waals surface area (Å²) in [7, 11) is 1.51. The number of nitrogens with zero attached hydrogens (tertiary/aromatic N) is 1. The van der Waals surface area contributed by atoms with E-state index in [1.807, 2.05) is 13.0 Å². The fourth-order valence-corrected chi connectivity index (χ4v) is 2.21. The first-order valence-corrected chi connectivity index (χ1v) is 6.06. The number of aliphatic hydroxyl groups is 1. The molecule has 0 bridgehead atoms. The number of phenols is 1. The van der Waals surface area contributed by atoms with Crippen molar-refractivity contribution in [2.24, 2.45) is 0 Å². The maximum Gasteiger partial charge on any atom is 0.160 e. The second-order valence-electron chi connectivity index (χ2n) is 4.31. The van der Waals surface area contributed by atoms with E-state index in [1.165, 1.54) is 7.11 Å². The maximum atomic E-state index is 9.79. The molecule has 1 aliphatic heterocycles. The number of rotatable bonds is 4. The minimum Gasteiger partial charge on any atom is -0.504 e. The third kappa shape index (κ3) is 2.43. The fraction of sp³-hybridized carbons (Fsp3) is 0.538. The molecule has 0 aromatic heterocycles. The van der Waals surface area contributed by atoms with E-state index < -0.39 is 0 Å². The van der Waals surface area contributed by atoms with Gasteiger partial charge in [0.25, 0.3) is 0 Å². The molecule has 2 atom stereocenters. The number of phenolic OH excluding ortho intramolecular Hbond substituents is 1. The highest BCUT2D eigenvalue weighted by Gasteiger charge is 2.32. The van der Waals surface area contributed by atoms with Gasteiger partial charge in [-0.25, -0.2) is 0 Å². The Bertz CT molecular complexity index is 410. The Balaban J connectivity index is 2.22. The summed E-state index contributed by atoms with van der Waals surface area (Å²) < 4.78 is 10.8. The molecule has 5 heteroatoms. The van der Waals surface area contributed by atoms with Gasteiger partial charge in [0.1, 0.15) is 6.23 Å². The van der Waals surface area contributed by atoms with Gasteiger partial charge in [-0.15, -0.1) is 0 Å². The molecular weight excluding hydrogens is 234 g/mol. The van der Waals surface area contributed by atoms with E-state index in [-0.39, 0.29) is 24.7 Å². The lowest BCUT2D eigenvalue weighted by atomic mass is 10.1. The number of benzene rings is 1. The standard InChI is InChI=1S/C13H19NO4/c1-3-14-7-10(8-15)18-13(14)9-4-5-12(17-2)11(16)6-9/h4-6,10,13,15-16H,3,7-8H2,1-2H3. The highest BCUT2D eigenvalue weighted by Crippen LogP contribution is 2.34. The normalized spacial score (nSPS) is 24.4. The molecule has 5 nitrogen and oxygen atoms in total. The number of ether oxygens (including phenoxy) is 2. The molecule has 1 aromatic rings. The van der Waals surface area contributed by atoms with Gasteiger partial charge in [-0.05, 0) is 24.2 Å². The van der Waals surface area contributed by atoms with Crippen molar-refractivity contribution in [3.8, 4) is 11.5 Å². The summed E-state index contributed by atoms with van der Waals surface area (Å²) in [6.45, 7) is 3.58. The van der Waals surface area contributed by atoms with Crippen LogP contribution in [-0.4, -0.2) is 48.0 Å². The van der Waals surface area contributed by atoms with Crippen LogP contribution in [0.2, 0.25) is 0 Å². The van der Waals surface area contributed by atoms with E-state index >= 15 is 0 Å². The van der Waals surface area contributed by atoms with Crippen LogP contribution >= 0.6 is 0 Å². The molecular formula is C13H19NO4. The average molecular weight is 253 g/mol. The van der Waals surface area contributed by atoms with Crippen LogP contribution in [0.5, 0.6) is 11.5 Å². The Kier molecular flexibility index (Phi) is 4.06. The number of likely N-dealkylation sites (N-methyl/N-ethyl adjacent to an activating group) is 1. The first kappa shape index (κ1) is 13.1. The third-order valence-corrected chi connectivity index (χ3v) is 3.19. The molecule has 2 unspecified atom stereocenters. The zero-order valence-electron chi connectivity index (χ0n) is 10.7. The summed E-state index contributed by atoms with van der Waals surface area (Å²) >= 11 is 0. The van der Waals surface area contributed by atoms with Gasteiger partial charge in [0, 0.05) is 6.54 Å². The van der Waals surface area contributed by atoms with E-state index in [9.17, 15) is 5.11 Å². The maximum absolute atomic E-state index is 9.79. The largest absolute Gasteiger partial charge is 0.504 e. The summed E-state index contributed by atoms with van der Waals surface area (Å²) in [6, 6.07) is 5.23. The van der Waals surface area contributed by atoms with Crippen molar-refractivity contribution >= 4 is 0 Å². The van der Waals surface area contributed by atoms with Crippen LogP contribution < -0.4 is 4.74 Å². The van der Waals surface area contributed by atoms with Crippen LogP contribution in [0.4, 0.5) is 0 Å². The molecule has 0 amide bonds. The summed E-state index contributed by atoms with van der Waals surface area (Å²) in [5.74, 6) is 0.542.